The zero-order valence-corrected chi connectivity index (χ0v) is 25.0. The van der Waals surface area contributed by atoms with Gasteiger partial charge in [-0.1, -0.05) is 17.7 Å². The Labute approximate surface area is 255 Å². The van der Waals surface area contributed by atoms with E-state index in [1.165, 1.54) is 43.5 Å². The minimum absolute atomic E-state index is 0.0117. The molecule has 0 radical (unpaired) electrons. The number of carbonyl (C=O) groups is 2. The van der Waals surface area contributed by atoms with E-state index in [4.69, 9.17) is 26.2 Å². The second kappa shape index (κ2) is 12.8. The Morgan fingerprint density at radius 2 is 1.86 bits per heavy atom. The first kappa shape index (κ1) is 32.7. The number of aromatic hydroxyl groups is 1. The topological polar surface area (TPSA) is 142 Å². The van der Waals surface area contributed by atoms with Crippen LogP contribution in [0.25, 0.3) is 0 Å². The maximum absolute atomic E-state index is 14.3. The van der Waals surface area contributed by atoms with Crippen molar-refractivity contribution in [2.75, 3.05) is 36.7 Å². The number of amides is 1. The normalized spacial score (nSPS) is 13.7. The summed E-state index contributed by atoms with van der Waals surface area (Å²) in [4.78, 5) is 26.2. The standard InChI is InChI=1S/C29H28ClF3N2O8S/c1-42-19-12-18(13-20(14-19)44(2,40)41)34-27(21-6-5-17(30)11-25(21)43-9-3-4-26(37)38)28(39)35-8-7-16-10-24(36)22(15-23(16)35)29(31,32)33/h5-6,10-15,27,34,36H,3-4,7-9H2,1-2H3,(H,37,38). The van der Waals surface area contributed by atoms with E-state index in [9.17, 15) is 36.3 Å². The average Bonchev–Trinajstić information content (AvgIpc) is 3.35. The lowest BCUT2D eigenvalue weighted by atomic mass is 10.0. The highest BCUT2D eigenvalue weighted by Gasteiger charge is 2.39. The molecular weight excluding hydrogens is 629 g/mol. The number of ether oxygens (including phenoxy) is 2. The number of carboxylic acid groups (broad SMARTS) is 1. The van der Waals surface area contributed by atoms with Crippen LogP contribution in [-0.4, -0.2) is 57.0 Å². The third-order valence-corrected chi connectivity index (χ3v) is 8.17. The van der Waals surface area contributed by atoms with Crippen LogP contribution in [0.2, 0.25) is 5.02 Å². The number of rotatable bonds is 11. The molecule has 0 aromatic heterocycles. The van der Waals surface area contributed by atoms with Gasteiger partial charge >= 0.3 is 12.1 Å². The molecule has 4 rings (SSSR count). The van der Waals surface area contributed by atoms with E-state index >= 15 is 0 Å². The predicted octanol–water partition coefficient (Wildman–Crippen LogP) is 5.46. The second-order valence-corrected chi connectivity index (χ2v) is 12.5. The number of aliphatic carboxylic acids is 1. The third kappa shape index (κ3) is 7.48. The minimum atomic E-state index is -4.89. The summed E-state index contributed by atoms with van der Waals surface area (Å²) in [6.45, 7) is -0.0686. The van der Waals surface area contributed by atoms with E-state index < -0.39 is 45.2 Å². The molecule has 15 heteroatoms. The zero-order valence-electron chi connectivity index (χ0n) is 23.4. The Bertz CT molecular complexity index is 1700. The minimum Gasteiger partial charge on any atom is -0.507 e. The summed E-state index contributed by atoms with van der Waals surface area (Å²) in [5.41, 5.74) is -0.699. The maximum Gasteiger partial charge on any atom is 0.420 e. The molecule has 0 aliphatic carbocycles. The van der Waals surface area contributed by atoms with Crippen LogP contribution >= 0.6 is 11.6 Å². The molecular formula is C29H28ClF3N2O8S. The number of alkyl halides is 3. The molecule has 1 unspecified atom stereocenters. The van der Waals surface area contributed by atoms with Crippen LogP contribution in [0.5, 0.6) is 17.2 Å². The third-order valence-electron chi connectivity index (χ3n) is 6.84. The van der Waals surface area contributed by atoms with E-state index in [0.29, 0.717) is 11.6 Å². The summed E-state index contributed by atoms with van der Waals surface area (Å²) in [5, 5.41) is 22.2. The molecule has 236 valence electrons. The molecule has 0 saturated carbocycles. The SMILES string of the molecule is COc1cc(NC(C(=O)N2CCc3cc(O)c(C(F)(F)F)cc32)c2ccc(Cl)cc2OCCCC(=O)O)cc(S(C)(=O)=O)c1. The van der Waals surface area contributed by atoms with Crippen LogP contribution in [0.15, 0.2) is 53.4 Å². The number of carbonyl (C=O) groups excluding carboxylic acids is 1. The smallest absolute Gasteiger partial charge is 0.420 e. The summed E-state index contributed by atoms with van der Waals surface area (Å²) in [7, 11) is -2.40. The fourth-order valence-corrected chi connectivity index (χ4v) is 5.57. The van der Waals surface area contributed by atoms with E-state index in [0.717, 1.165) is 17.2 Å². The number of carboxylic acids is 1. The van der Waals surface area contributed by atoms with Crippen molar-refractivity contribution in [3.63, 3.8) is 0 Å². The van der Waals surface area contributed by atoms with Crippen molar-refractivity contribution >= 4 is 44.7 Å². The summed E-state index contributed by atoms with van der Waals surface area (Å²) in [6, 6.07) is 8.68. The molecule has 3 aromatic rings. The zero-order chi connectivity index (χ0) is 32.4. The molecule has 44 heavy (non-hydrogen) atoms. The summed E-state index contributed by atoms with van der Waals surface area (Å²) < 4.78 is 76.7. The highest BCUT2D eigenvalue weighted by molar-refractivity contribution is 7.90. The molecule has 3 N–H and O–H groups in total. The van der Waals surface area contributed by atoms with E-state index in [2.05, 4.69) is 5.32 Å². The van der Waals surface area contributed by atoms with Gasteiger partial charge in [0.1, 0.15) is 23.3 Å². The largest absolute Gasteiger partial charge is 0.507 e. The van der Waals surface area contributed by atoms with Gasteiger partial charge in [0.05, 0.1) is 24.2 Å². The molecule has 1 aliphatic rings. The summed E-state index contributed by atoms with van der Waals surface area (Å²) in [5.74, 6) is -2.46. The number of phenolic OH excluding ortho intramolecular Hbond substituents is 1. The molecule has 0 saturated heterocycles. The molecule has 1 aliphatic heterocycles. The first-order chi connectivity index (χ1) is 20.6. The number of nitrogens with one attached hydrogen (secondary N) is 1. The first-order valence-electron chi connectivity index (χ1n) is 13.1. The van der Waals surface area contributed by atoms with Crippen molar-refractivity contribution in [2.24, 2.45) is 0 Å². The van der Waals surface area contributed by atoms with Crippen molar-refractivity contribution in [1.82, 2.24) is 0 Å². The lowest BCUT2D eigenvalue weighted by Gasteiger charge is -2.28. The van der Waals surface area contributed by atoms with Gasteiger partial charge in [-0.3, -0.25) is 9.59 Å². The fourth-order valence-electron chi connectivity index (χ4n) is 4.74. The molecule has 0 fully saturated rings. The van der Waals surface area contributed by atoms with Gasteiger partial charge in [-0.2, -0.15) is 13.2 Å². The number of phenols is 1. The Morgan fingerprint density at radius 1 is 1.14 bits per heavy atom. The van der Waals surface area contributed by atoms with Crippen LogP contribution < -0.4 is 19.7 Å². The van der Waals surface area contributed by atoms with Gasteiger partial charge in [-0.15, -0.1) is 0 Å². The quantitative estimate of drug-likeness (QED) is 0.229. The Morgan fingerprint density at radius 3 is 2.50 bits per heavy atom. The molecule has 1 heterocycles. The number of methoxy groups -OCH3 is 1. The van der Waals surface area contributed by atoms with Gasteiger partial charge in [0.15, 0.2) is 9.84 Å². The number of anilines is 2. The number of nitrogens with zero attached hydrogens (tertiary/aromatic N) is 1. The molecule has 3 aromatic carbocycles. The van der Waals surface area contributed by atoms with Gasteiger partial charge < -0.3 is 29.9 Å². The summed E-state index contributed by atoms with van der Waals surface area (Å²) >= 11 is 6.20. The number of sulfone groups is 1. The van der Waals surface area contributed by atoms with Gasteiger partial charge in [0.2, 0.25) is 0 Å². The van der Waals surface area contributed by atoms with Crippen LogP contribution in [-0.2, 0) is 32.0 Å². The van der Waals surface area contributed by atoms with Crippen LogP contribution in [0, 0.1) is 0 Å². The average molecular weight is 657 g/mol. The number of fused-ring (bicyclic) bond motifs is 1. The number of hydrogen-bond acceptors (Lipinski definition) is 8. The molecule has 1 amide bonds. The van der Waals surface area contributed by atoms with Crippen LogP contribution in [0.3, 0.4) is 0 Å². The van der Waals surface area contributed by atoms with E-state index in [1.54, 1.807) is 0 Å². The van der Waals surface area contributed by atoms with Crippen molar-refractivity contribution in [3.05, 3.63) is 70.2 Å². The Hall–Kier alpha value is -4.17. The van der Waals surface area contributed by atoms with Gasteiger partial charge in [0, 0.05) is 47.2 Å². The molecule has 10 nitrogen and oxygen atoms in total. The fraction of sp³-hybridized carbons (Fsp3) is 0.310. The summed E-state index contributed by atoms with van der Waals surface area (Å²) in [6.07, 6.45) is -3.79. The van der Waals surface area contributed by atoms with Gasteiger partial charge in [-0.05, 0) is 54.8 Å². The highest BCUT2D eigenvalue weighted by atomic mass is 35.5. The number of halogens is 4. The lowest BCUT2D eigenvalue weighted by molar-refractivity contribution is -0.139. The number of benzene rings is 3. The van der Waals surface area contributed by atoms with Crippen molar-refractivity contribution < 1.29 is 50.9 Å². The van der Waals surface area contributed by atoms with E-state index in [1.807, 2.05) is 0 Å². The van der Waals surface area contributed by atoms with Crippen LogP contribution in [0.1, 0.15) is 35.6 Å². The highest BCUT2D eigenvalue weighted by Crippen LogP contribution is 2.43. The molecule has 0 bridgehead atoms. The monoisotopic (exact) mass is 656 g/mol. The molecule has 1 atom stereocenters. The van der Waals surface area contributed by atoms with Crippen molar-refractivity contribution in [2.45, 2.75) is 36.4 Å². The number of hydrogen-bond donors (Lipinski definition) is 3. The Kier molecular flexibility index (Phi) is 9.54. The van der Waals surface area contributed by atoms with Gasteiger partial charge in [0.25, 0.3) is 5.91 Å². The van der Waals surface area contributed by atoms with Gasteiger partial charge in [-0.25, -0.2) is 8.42 Å². The van der Waals surface area contributed by atoms with Crippen molar-refractivity contribution in [3.8, 4) is 17.2 Å². The van der Waals surface area contributed by atoms with Crippen LogP contribution in [0.4, 0.5) is 24.5 Å². The lowest BCUT2D eigenvalue weighted by Crippen LogP contribution is -2.37. The first-order valence-corrected chi connectivity index (χ1v) is 15.4. The Balaban J connectivity index is 1.82. The molecule has 0 spiro atoms. The maximum atomic E-state index is 14.3. The second-order valence-electron chi connectivity index (χ2n) is 10.0. The predicted molar refractivity (Wildman–Crippen MR) is 155 cm³/mol. The van der Waals surface area contributed by atoms with E-state index in [-0.39, 0.29) is 70.8 Å². The van der Waals surface area contributed by atoms with Crippen molar-refractivity contribution in [1.29, 1.82) is 0 Å².